The van der Waals surface area contributed by atoms with Crippen molar-refractivity contribution in [2.24, 2.45) is 10.7 Å². The van der Waals surface area contributed by atoms with Crippen molar-refractivity contribution >= 4 is 17.6 Å². The van der Waals surface area contributed by atoms with E-state index in [1.54, 1.807) is 12.1 Å². The lowest BCUT2D eigenvalue weighted by atomic mass is 9.97. The first kappa shape index (κ1) is 31.8. The van der Waals surface area contributed by atoms with Crippen LogP contribution in [0.2, 0.25) is 0 Å². The number of hydrogen-bond acceptors (Lipinski definition) is 3. The topological polar surface area (TPSA) is 105 Å². The summed E-state index contributed by atoms with van der Waals surface area (Å²) in [6.45, 7) is 1.37. The van der Waals surface area contributed by atoms with Crippen LogP contribution in [0.1, 0.15) is 34.0 Å². The Morgan fingerprint density at radius 2 is 1.32 bits per heavy atom. The lowest BCUT2D eigenvalue weighted by Crippen LogP contribution is -2.42. The Labute approximate surface area is 247 Å². The number of rotatable bonds is 7. The molecule has 44 heavy (non-hydrogen) atoms. The maximum Gasteiger partial charge on any atom is 0.416 e. The molecule has 0 heterocycles. The summed E-state index contributed by atoms with van der Waals surface area (Å²) in [6, 6.07) is 19.3. The van der Waals surface area contributed by atoms with Crippen molar-refractivity contribution in [3.05, 3.63) is 113 Å². The SMILES string of the molecule is CC(N)=NC(=O)C(Cc1ccc(-c2ccccc2)cc1)NC(=O)c1cc(-c2cc(C(F)(F)F)cc(C(F)(F)F)c2)ccc1O. The van der Waals surface area contributed by atoms with E-state index < -0.39 is 58.2 Å². The zero-order chi connectivity index (χ0) is 32.2. The molecule has 0 fully saturated rings. The van der Waals surface area contributed by atoms with Crippen molar-refractivity contribution in [1.29, 1.82) is 0 Å². The van der Waals surface area contributed by atoms with Crippen LogP contribution in [0.5, 0.6) is 5.75 Å². The predicted octanol–water partition coefficient (Wildman–Crippen LogP) is 7.01. The van der Waals surface area contributed by atoms with E-state index in [4.69, 9.17) is 5.73 Å². The first-order chi connectivity index (χ1) is 20.6. The molecule has 4 aromatic carbocycles. The third-order valence-electron chi connectivity index (χ3n) is 6.55. The number of phenolic OH excluding ortho intramolecular Hbond substituents is 1. The largest absolute Gasteiger partial charge is 0.507 e. The Morgan fingerprint density at radius 3 is 1.86 bits per heavy atom. The number of halogens is 6. The first-order valence-corrected chi connectivity index (χ1v) is 13.0. The molecule has 0 saturated carbocycles. The molecule has 1 unspecified atom stereocenters. The van der Waals surface area contributed by atoms with E-state index in [1.807, 2.05) is 42.5 Å². The van der Waals surface area contributed by atoms with Gasteiger partial charge in [0.15, 0.2) is 0 Å². The van der Waals surface area contributed by atoms with E-state index in [2.05, 4.69) is 10.3 Å². The van der Waals surface area contributed by atoms with E-state index in [1.165, 1.54) is 6.92 Å². The average molecular weight is 614 g/mol. The number of nitrogens with one attached hydrogen (secondary N) is 1. The Hall–Kier alpha value is -5.13. The van der Waals surface area contributed by atoms with Gasteiger partial charge in [0.2, 0.25) is 0 Å². The molecular formula is C32H25F6N3O3. The summed E-state index contributed by atoms with van der Waals surface area (Å²) in [5.41, 5.74) is 3.79. The van der Waals surface area contributed by atoms with Crippen molar-refractivity contribution in [3.63, 3.8) is 0 Å². The lowest BCUT2D eigenvalue weighted by molar-refractivity contribution is -0.143. The van der Waals surface area contributed by atoms with Crippen LogP contribution >= 0.6 is 0 Å². The van der Waals surface area contributed by atoms with Crippen molar-refractivity contribution in [2.75, 3.05) is 0 Å². The number of nitrogens with two attached hydrogens (primary N) is 1. The first-order valence-electron chi connectivity index (χ1n) is 13.0. The molecule has 228 valence electrons. The highest BCUT2D eigenvalue weighted by Crippen LogP contribution is 2.39. The minimum absolute atomic E-state index is 0.0138. The highest BCUT2D eigenvalue weighted by molar-refractivity contribution is 6.02. The molecule has 1 atom stereocenters. The Bertz CT molecular complexity index is 1660. The fourth-order valence-corrected chi connectivity index (χ4v) is 4.41. The number of alkyl halides is 6. The molecule has 4 N–H and O–H groups in total. The number of benzene rings is 4. The lowest BCUT2D eigenvalue weighted by Gasteiger charge is -2.18. The van der Waals surface area contributed by atoms with Crippen LogP contribution in [0.25, 0.3) is 22.3 Å². The van der Waals surface area contributed by atoms with Gasteiger partial charge in [-0.15, -0.1) is 0 Å². The molecule has 0 radical (unpaired) electrons. The molecule has 0 aliphatic rings. The molecule has 2 amide bonds. The number of hydrogen-bond donors (Lipinski definition) is 3. The fourth-order valence-electron chi connectivity index (χ4n) is 4.41. The second kappa shape index (κ2) is 12.6. The molecule has 0 spiro atoms. The highest BCUT2D eigenvalue weighted by atomic mass is 19.4. The maximum atomic E-state index is 13.4. The predicted molar refractivity (Wildman–Crippen MR) is 153 cm³/mol. The zero-order valence-electron chi connectivity index (χ0n) is 23.0. The summed E-state index contributed by atoms with van der Waals surface area (Å²) in [6.07, 6.45) is -10.2. The van der Waals surface area contributed by atoms with Crippen molar-refractivity contribution < 1.29 is 41.0 Å². The molecule has 0 saturated heterocycles. The number of amidine groups is 1. The second-order valence-electron chi connectivity index (χ2n) is 9.91. The number of carbonyl (C=O) groups excluding carboxylic acids is 2. The summed E-state index contributed by atoms with van der Waals surface area (Å²) < 4.78 is 80.4. The maximum absolute atomic E-state index is 13.4. The Balaban J connectivity index is 1.65. The Kier molecular flexibility index (Phi) is 9.12. The summed E-state index contributed by atoms with van der Waals surface area (Å²) in [4.78, 5) is 29.9. The van der Waals surface area contributed by atoms with Gasteiger partial charge in [-0.1, -0.05) is 60.7 Å². The van der Waals surface area contributed by atoms with Crippen molar-refractivity contribution in [2.45, 2.75) is 31.7 Å². The monoisotopic (exact) mass is 613 g/mol. The van der Waals surface area contributed by atoms with Crippen LogP contribution < -0.4 is 11.1 Å². The van der Waals surface area contributed by atoms with Gasteiger partial charge in [-0.25, -0.2) is 0 Å². The molecule has 4 rings (SSSR count). The quantitative estimate of drug-likeness (QED) is 0.119. The van der Waals surface area contributed by atoms with Crippen molar-refractivity contribution in [1.82, 2.24) is 5.32 Å². The Morgan fingerprint density at radius 1 is 0.773 bits per heavy atom. The third-order valence-corrected chi connectivity index (χ3v) is 6.55. The number of phenols is 1. The fraction of sp³-hybridized carbons (Fsp3) is 0.156. The van der Waals surface area contributed by atoms with E-state index in [0.29, 0.717) is 17.7 Å². The van der Waals surface area contributed by atoms with E-state index >= 15 is 0 Å². The van der Waals surface area contributed by atoms with E-state index in [0.717, 1.165) is 29.3 Å². The number of aromatic hydroxyl groups is 1. The number of carbonyl (C=O) groups is 2. The smallest absolute Gasteiger partial charge is 0.416 e. The van der Waals surface area contributed by atoms with Gasteiger partial charge in [-0.3, -0.25) is 9.59 Å². The van der Waals surface area contributed by atoms with Crippen LogP contribution in [0.3, 0.4) is 0 Å². The molecular weight excluding hydrogens is 588 g/mol. The van der Waals surface area contributed by atoms with Crippen LogP contribution in [0.15, 0.2) is 96.0 Å². The van der Waals surface area contributed by atoms with E-state index in [9.17, 15) is 41.0 Å². The van der Waals surface area contributed by atoms with Gasteiger partial charge in [0.25, 0.3) is 11.8 Å². The van der Waals surface area contributed by atoms with Gasteiger partial charge < -0.3 is 16.2 Å². The molecule has 12 heteroatoms. The van der Waals surface area contributed by atoms with E-state index in [-0.39, 0.29) is 23.9 Å². The molecule has 0 aromatic heterocycles. The average Bonchev–Trinajstić information content (AvgIpc) is 2.96. The van der Waals surface area contributed by atoms with Crippen LogP contribution in [0, 0.1) is 0 Å². The summed E-state index contributed by atoms with van der Waals surface area (Å²) in [7, 11) is 0. The summed E-state index contributed by atoms with van der Waals surface area (Å²) in [5, 5.41) is 12.8. The van der Waals surface area contributed by atoms with Gasteiger partial charge >= 0.3 is 12.4 Å². The van der Waals surface area contributed by atoms with Crippen molar-refractivity contribution in [3.8, 4) is 28.0 Å². The normalized spacial score (nSPS) is 12.9. The van der Waals surface area contributed by atoms with Gasteiger partial charge in [0.1, 0.15) is 11.8 Å². The van der Waals surface area contributed by atoms with Crippen LogP contribution in [-0.4, -0.2) is 28.8 Å². The minimum atomic E-state index is -5.08. The molecule has 0 bridgehead atoms. The van der Waals surface area contributed by atoms with Crippen LogP contribution in [0.4, 0.5) is 26.3 Å². The summed E-state index contributed by atoms with van der Waals surface area (Å²) >= 11 is 0. The molecule has 6 nitrogen and oxygen atoms in total. The third kappa shape index (κ3) is 7.82. The minimum Gasteiger partial charge on any atom is -0.507 e. The number of aliphatic imine (C=N–C) groups is 1. The standard InChI is InChI=1S/C32H25F6N3O3/c1-18(39)40-30(44)27(13-19-7-9-21(10-8-19)20-5-3-2-4-6-20)41-29(43)26-16-22(11-12-28(26)42)23-14-24(31(33,34)35)17-25(15-23)32(36,37)38/h2-12,14-17,27,42H,13H2,1H3,(H,41,43)(H2,39,40,44). The summed E-state index contributed by atoms with van der Waals surface area (Å²) in [5.74, 6) is -2.53. The van der Waals surface area contributed by atoms with Gasteiger partial charge in [0, 0.05) is 6.42 Å². The number of nitrogens with zero attached hydrogens (tertiary/aromatic N) is 1. The van der Waals surface area contributed by atoms with Gasteiger partial charge in [-0.05, 0) is 65.1 Å². The van der Waals surface area contributed by atoms with Gasteiger partial charge in [0.05, 0.1) is 22.5 Å². The zero-order valence-corrected chi connectivity index (χ0v) is 23.0. The highest BCUT2D eigenvalue weighted by Gasteiger charge is 2.37. The second-order valence-corrected chi connectivity index (χ2v) is 9.91. The molecule has 4 aromatic rings. The molecule has 0 aliphatic carbocycles. The molecule has 0 aliphatic heterocycles. The van der Waals surface area contributed by atoms with Crippen LogP contribution in [-0.2, 0) is 23.6 Å². The number of amides is 2. The van der Waals surface area contributed by atoms with Gasteiger partial charge in [-0.2, -0.15) is 31.3 Å².